The van der Waals surface area contributed by atoms with Crippen LogP contribution in [0.3, 0.4) is 0 Å². The molecule has 5 amide bonds. The maximum Gasteiger partial charge on any atom is 0.334 e. The lowest BCUT2D eigenvalue weighted by molar-refractivity contribution is -0.189. The molecule has 3 aliphatic heterocycles. The molecule has 5 rings (SSSR count). The molecule has 45 heavy (non-hydrogen) atoms. The molecular weight excluding hydrogens is 574 g/mol. The molecule has 3 atom stereocenters. The molecule has 0 bridgehead atoms. The van der Waals surface area contributed by atoms with Gasteiger partial charge < -0.3 is 25.5 Å². The lowest BCUT2D eigenvalue weighted by Crippen LogP contribution is -2.76. The molecule has 2 fully saturated rings. The standard InChI is InChI=1S/C33H39N7O5/c1-2-18-38-23-31(43)39-28(20-24-10-12-27(41)13-11-24)32(44)37(19-6-9-29(42)36-26-14-16-34-17-15-26)22-30(39)40(38)33(45)35-21-25-7-4-3-5-8-25/h2-5,7-8,10-14,16-17,26,28,30,41H,1,6,9,15,18-23H2,(H,35,45)(H,36,42)/t26?,28-,30-/m0/s1. The minimum Gasteiger partial charge on any atom is -0.508 e. The molecule has 0 aromatic heterocycles. The highest BCUT2D eigenvalue weighted by molar-refractivity contribution is 5.91. The summed E-state index contributed by atoms with van der Waals surface area (Å²) in [4.78, 5) is 61.3. The fourth-order valence-electron chi connectivity index (χ4n) is 5.90. The van der Waals surface area contributed by atoms with Crippen molar-refractivity contribution in [2.24, 2.45) is 4.99 Å². The van der Waals surface area contributed by atoms with Gasteiger partial charge in [0.1, 0.15) is 18.0 Å². The molecule has 236 valence electrons. The normalized spacial score (nSPS) is 21.4. The summed E-state index contributed by atoms with van der Waals surface area (Å²) in [7, 11) is 0. The van der Waals surface area contributed by atoms with Crippen molar-refractivity contribution in [2.75, 3.05) is 26.2 Å². The Labute approximate surface area is 262 Å². The van der Waals surface area contributed by atoms with Crippen LogP contribution in [0.5, 0.6) is 5.75 Å². The molecular formula is C33H39N7O5. The number of nitrogens with zero attached hydrogens (tertiary/aromatic N) is 5. The molecule has 3 heterocycles. The SMILES string of the molecule is C=CCN1CC(=O)N2[C@@H](Cc3ccc(O)cc3)C(=O)N(CCCC(=O)NC3C=CN=CC3)C[C@@H]2N1C(=O)NCc1ccccc1. The number of amides is 5. The maximum atomic E-state index is 14.0. The van der Waals surface area contributed by atoms with Crippen LogP contribution in [0, 0.1) is 0 Å². The molecule has 3 aliphatic rings. The lowest BCUT2D eigenvalue weighted by atomic mass is 9.98. The van der Waals surface area contributed by atoms with Crippen LogP contribution in [-0.2, 0) is 27.3 Å². The second kappa shape index (κ2) is 14.7. The molecule has 2 saturated heterocycles. The number of aromatic hydroxyl groups is 1. The van der Waals surface area contributed by atoms with E-state index in [1.54, 1.807) is 40.5 Å². The third-order valence-electron chi connectivity index (χ3n) is 8.08. The largest absolute Gasteiger partial charge is 0.508 e. The van der Waals surface area contributed by atoms with Crippen molar-refractivity contribution in [3.8, 4) is 5.75 Å². The third-order valence-corrected chi connectivity index (χ3v) is 8.08. The van der Waals surface area contributed by atoms with Crippen LogP contribution in [0.15, 0.2) is 84.5 Å². The number of aliphatic imine (C=N–C) groups is 1. The number of piperazine rings is 1. The van der Waals surface area contributed by atoms with Crippen LogP contribution in [0.4, 0.5) is 4.79 Å². The zero-order valence-corrected chi connectivity index (χ0v) is 25.1. The number of urea groups is 1. The average Bonchev–Trinajstić information content (AvgIpc) is 3.04. The quantitative estimate of drug-likeness (QED) is 0.332. The molecule has 0 aliphatic carbocycles. The number of hydrazine groups is 1. The van der Waals surface area contributed by atoms with Gasteiger partial charge in [0.2, 0.25) is 17.7 Å². The van der Waals surface area contributed by atoms with Gasteiger partial charge in [-0.15, -0.1) is 6.58 Å². The first-order chi connectivity index (χ1) is 21.8. The zero-order valence-electron chi connectivity index (χ0n) is 25.1. The molecule has 0 saturated carbocycles. The van der Waals surface area contributed by atoms with E-state index in [1.807, 2.05) is 36.4 Å². The van der Waals surface area contributed by atoms with E-state index in [9.17, 15) is 24.3 Å². The Balaban J connectivity index is 1.37. The molecule has 0 radical (unpaired) electrons. The minimum atomic E-state index is -0.878. The van der Waals surface area contributed by atoms with Gasteiger partial charge in [0, 0.05) is 51.3 Å². The van der Waals surface area contributed by atoms with Crippen molar-refractivity contribution in [3.05, 3.63) is 90.7 Å². The van der Waals surface area contributed by atoms with Gasteiger partial charge in [0.05, 0.1) is 19.1 Å². The lowest BCUT2D eigenvalue weighted by Gasteiger charge is -2.55. The molecule has 2 aromatic carbocycles. The Kier molecular flexibility index (Phi) is 10.3. The molecule has 12 nitrogen and oxygen atoms in total. The van der Waals surface area contributed by atoms with E-state index in [0.717, 1.165) is 11.1 Å². The van der Waals surface area contributed by atoms with Gasteiger partial charge in [-0.2, -0.15) is 0 Å². The highest BCUT2D eigenvalue weighted by Gasteiger charge is 2.51. The van der Waals surface area contributed by atoms with Gasteiger partial charge in [0.25, 0.3) is 0 Å². The number of carbonyl (C=O) groups is 4. The van der Waals surface area contributed by atoms with Gasteiger partial charge in [-0.05, 0) is 35.8 Å². The highest BCUT2D eigenvalue weighted by Crippen LogP contribution is 2.29. The summed E-state index contributed by atoms with van der Waals surface area (Å²) in [6, 6.07) is 14.6. The number of rotatable bonds is 11. The number of hydrogen-bond donors (Lipinski definition) is 3. The number of benzene rings is 2. The number of nitrogens with one attached hydrogen (secondary N) is 2. The first-order valence-electron chi connectivity index (χ1n) is 15.2. The summed E-state index contributed by atoms with van der Waals surface area (Å²) in [5, 5.41) is 18.9. The van der Waals surface area contributed by atoms with Crippen LogP contribution in [0.2, 0.25) is 0 Å². The van der Waals surface area contributed by atoms with E-state index >= 15 is 0 Å². The van der Waals surface area contributed by atoms with E-state index in [-0.39, 0.29) is 75.1 Å². The summed E-state index contributed by atoms with van der Waals surface area (Å²) in [5.41, 5.74) is 1.68. The zero-order chi connectivity index (χ0) is 31.8. The van der Waals surface area contributed by atoms with Gasteiger partial charge in [-0.3, -0.25) is 19.4 Å². The summed E-state index contributed by atoms with van der Waals surface area (Å²) < 4.78 is 0. The Morgan fingerprint density at radius 3 is 2.56 bits per heavy atom. The average molecular weight is 614 g/mol. The number of hydrogen-bond acceptors (Lipinski definition) is 7. The highest BCUT2D eigenvalue weighted by atomic mass is 16.3. The number of carbonyl (C=O) groups excluding carboxylic acids is 4. The van der Waals surface area contributed by atoms with E-state index < -0.39 is 18.2 Å². The summed E-state index contributed by atoms with van der Waals surface area (Å²) in [6.07, 6.45) is 7.55. The van der Waals surface area contributed by atoms with Crippen molar-refractivity contribution in [3.63, 3.8) is 0 Å². The first kappa shape index (κ1) is 31.5. The van der Waals surface area contributed by atoms with Crippen LogP contribution >= 0.6 is 0 Å². The van der Waals surface area contributed by atoms with Crippen molar-refractivity contribution in [1.29, 1.82) is 0 Å². The first-order valence-corrected chi connectivity index (χ1v) is 15.2. The topological polar surface area (TPSA) is 138 Å². The Hall–Kier alpha value is -4.97. The molecule has 2 aromatic rings. The molecule has 12 heteroatoms. The molecule has 1 unspecified atom stereocenters. The van der Waals surface area contributed by atoms with E-state index in [0.29, 0.717) is 12.8 Å². The van der Waals surface area contributed by atoms with Gasteiger partial charge in [-0.1, -0.05) is 48.5 Å². The fraction of sp³-hybridized carbons (Fsp3) is 0.364. The van der Waals surface area contributed by atoms with Crippen molar-refractivity contribution >= 4 is 30.0 Å². The second-order valence-corrected chi connectivity index (χ2v) is 11.3. The fourth-order valence-corrected chi connectivity index (χ4v) is 5.90. The molecule has 0 spiro atoms. The number of fused-ring (bicyclic) bond motifs is 1. The van der Waals surface area contributed by atoms with Gasteiger partial charge in [-0.25, -0.2) is 14.8 Å². The smallest absolute Gasteiger partial charge is 0.334 e. The van der Waals surface area contributed by atoms with E-state index in [1.165, 1.54) is 22.0 Å². The Morgan fingerprint density at radius 1 is 1.07 bits per heavy atom. The monoisotopic (exact) mass is 613 g/mol. The van der Waals surface area contributed by atoms with Crippen molar-refractivity contribution in [1.82, 2.24) is 30.5 Å². The summed E-state index contributed by atoms with van der Waals surface area (Å²) in [6.45, 7) is 4.63. The Morgan fingerprint density at radius 2 is 1.84 bits per heavy atom. The van der Waals surface area contributed by atoms with E-state index in [2.05, 4.69) is 22.2 Å². The minimum absolute atomic E-state index is 0.0898. The van der Waals surface area contributed by atoms with Crippen molar-refractivity contribution < 1.29 is 24.3 Å². The van der Waals surface area contributed by atoms with E-state index in [4.69, 9.17) is 0 Å². The van der Waals surface area contributed by atoms with Crippen LogP contribution in [0.25, 0.3) is 0 Å². The number of phenolic OH excluding ortho intramolecular Hbond substituents is 1. The van der Waals surface area contributed by atoms with Crippen molar-refractivity contribution in [2.45, 2.75) is 50.5 Å². The third kappa shape index (κ3) is 7.76. The van der Waals surface area contributed by atoms with Gasteiger partial charge in [0.15, 0.2) is 0 Å². The molecule has 3 N–H and O–H groups in total. The summed E-state index contributed by atoms with van der Waals surface area (Å²) >= 11 is 0. The summed E-state index contributed by atoms with van der Waals surface area (Å²) in [5.74, 6) is -0.549. The Bertz CT molecular complexity index is 1450. The number of phenols is 1. The predicted molar refractivity (Wildman–Crippen MR) is 169 cm³/mol. The van der Waals surface area contributed by atoms with Gasteiger partial charge >= 0.3 is 6.03 Å². The maximum absolute atomic E-state index is 14.0. The van der Waals surface area contributed by atoms with Crippen LogP contribution in [0.1, 0.15) is 30.4 Å². The van der Waals surface area contributed by atoms with Crippen LogP contribution in [-0.4, -0.2) is 99.3 Å². The predicted octanol–water partition coefficient (Wildman–Crippen LogP) is 2.18. The van der Waals surface area contributed by atoms with Crippen LogP contribution < -0.4 is 10.6 Å². The second-order valence-electron chi connectivity index (χ2n) is 11.3.